The number of rotatable bonds is 5. The van der Waals surface area contributed by atoms with E-state index in [1.165, 1.54) is 38.6 Å². The quantitative estimate of drug-likeness (QED) is 0.842. The molecule has 0 bridgehead atoms. The highest BCUT2D eigenvalue weighted by molar-refractivity contribution is 4.99. The standard InChI is InChI=1S/C18H36N2O/c1-6-11-19-17-15(8-7-10-18(17,3)4)20-12-9-14(2)16(13-20)21-5/h14-17,19H,6-13H2,1-5H3. The largest absolute Gasteiger partial charge is 0.380 e. The van der Waals surface area contributed by atoms with Crippen molar-refractivity contribution in [3.63, 3.8) is 0 Å². The van der Waals surface area contributed by atoms with Gasteiger partial charge in [-0.15, -0.1) is 0 Å². The summed E-state index contributed by atoms with van der Waals surface area (Å²) in [6.07, 6.45) is 6.97. The van der Waals surface area contributed by atoms with Crippen molar-refractivity contribution in [3.05, 3.63) is 0 Å². The number of ether oxygens (including phenoxy) is 1. The summed E-state index contributed by atoms with van der Waals surface area (Å²) in [6, 6.07) is 1.31. The van der Waals surface area contributed by atoms with Crippen LogP contribution in [0.4, 0.5) is 0 Å². The van der Waals surface area contributed by atoms with Crippen LogP contribution >= 0.6 is 0 Å². The summed E-state index contributed by atoms with van der Waals surface area (Å²) < 4.78 is 5.73. The van der Waals surface area contributed by atoms with Crippen LogP contribution in [0, 0.1) is 11.3 Å². The Labute approximate surface area is 131 Å². The third-order valence-corrected chi connectivity index (χ3v) is 5.85. The molecule has 1 saturated heterocycles. The molecule has 1 saturated carbocycles. The lowest BCUT2D eigenvalue weighted by Gasteiger charge is -2.51. The molecule has 0 aromatic carbocycles. The molecule has 1 heterocycles. The van der Waals surface area contributed by atoms with E-state index in [-0.39, 0.29) is 0 Å². The van der Waals surface area contributed by atoms with Gasteiger partial charge in [0, 0.05) is 25.7 Å². The summed E-state index contributed by atoms with van der Waals surface area (Å²) in [7, 11) is 1.88. The van der Waals surface area contributed by atoms with E-state index >= 15 is 0 Å². The summed E-state index contributed by atoms with van der Waals surface area (Å²) in [5.74, 6) is 0.699. The Balaban J connectivity index is 2.07. The molecule has 4 unspecified atom stereocenters. The highest BCUT2D eigenvalue weighted by Gasteiger charge is 2.42. The molecule has 2 aliphatic rings. The molecular formula is C18H36N2O. The lowest BCUT2D eigenvalue weighted by Crippen LogP contribution is -2.61. The van der Waals surface area contributed by atoms with E-state index < -0.39 is 0 Å². The van der Waals surface area contributed by atoms with Gasteiger partial charge in [0.15, 0.2) is 0 Å². The third kappa shape index (κ3) is 4.00. The average Bonchev–Trinajstić information content (AvgIpc) is 2.45. The van der Waals surface area contributed by atoms with E-state index in [1.54, 1.807) is 0 Å². The predicted molar refractivity (Wildman–Crippen MR) is 89.7 cm³/mol. The van der Waals surface area contributed by atoms with Crippen LogP contribution < -0.4 is 5.32 Å². The van der Waals surface area contributed by atoms with Crippen molar-refractivity contribution in [2.75, 3.05) is 26.7 Å². The highest BCUT2D eigenvalue weighted by atomic mass is 16.5. The molecule has 2 rings (SSSR count). The first-order chi connectivity index (χ1) is 9.99. The van der Waals surface area contributed by atoms with Crippen molar-refractivity contribution in [3.8, 4) is 0 Å². The minimum atomic E-state index is 0.406. The van der Waals surface area contributed by atoms with Gasteiger partial charge in [0.25, 0.3) is 0 Å². The zero-order valence-electron chi connectivity index (χ0n) is 14.8. The fourth-order valence-corrected chi connectivity index (χ4v) is 4.38. The Hall–Kier alpha value is -0.120. The molecule has 2 fully saturated rings. The summed E-state index contributed by atoms with van der Waals surface area (Å²) in [5.41, 5.74) is 0.406. The summed E-state index contributed by atoms with van der Waals surface area (Å²) in [5, 5.41) is 3.87. The number of nitrogens with one attached hydrogen (secondary N) is 1. The number of piperidine rings is 1. The van der Waals surface area contributed by atoms with E-state index in [2.05, 4.69) is 37.9 Å². The zero-order valence-corrected chi connectivity index (χ0v) is 14.8. The summed E-state index contributed by atoms with van der Waals surface area (Å²) in [4.78, 5) is 2.72. The molecule has 0 spiro atoms. The molecule has 0 aromatic heterocycles. The molecule has 1 aliphatic carbocycles. The van der Waals surface area contributed by atoms with Crippen LogP contribution in [0.1, 0.15) is 59.8 Å². The Morgan fingerprint density at radius 3 is 2.71 bits per heavy atom. The first-order valence-electron chi connectivity index (χ1n) is 8.99. The van der Waals surface area contributed by atoms with Gasteiger partial charge in [-0.3, -0.25) is 4.90 Å². The molecule has 3 nitrogen and oxygen atoms in total. The van der Waals surface area contributed by atoms with Gasteiger partial charge in [0.1, 0.15) is 0 Å². The van der Waals surface area contributed by atoms with Crippen LogP contribution in [0.2, 0.25) is 0 Å². The number of nitrogens with zero attached hydrogens (tertiary/aromatic N) is 1. The van der Waals surface area contributed by atoms with Gasteiger partial charge < -0.3 is 10.1 Å². The number of likely N-dealkylation sites (tertiary alicyclic amines) is 1. The lowest BCUT2D eigenvalue weighted by molar-refractivity contribution is -0.0435. The topological polar surface area (TPSA) is 24.5 Å². The Morgan fingerprint density at radius 1 is 1.29 bits per heavy atom. The van der Waals surface area contributed by atoms with E-state index in [0.29, 0.717) is 29.5 Å². The predicted octanol–water partition coefficient (Wildman–Crippen LogP) is 3.29. The highest BCUT2D eigenvalue weighted by Crippen LogP contribution is 2.39. The number of methoxy groups -OCH3 is 1. The van der Waals surface area contributed by atoms with Crippen molar-refractivity contribution in [1.29, 1.82) is 0 Å². The average molecular weight is 296 g/mol. The van der Waals surface area contributed by atoms with E-state index in [0.717, 1.165) is 13.1 Å². The lowest BCUT2D eigenvalue weighted by atomic mass is 9.70. The minimum Gasteiger partial charge on any atom is -0.380 e. The zero-order chi connectivity index (χ0) is 15.5. The number of hydrogen-bond donors (Lipinski definition) is 1. The normalized spacial score (nSPS) is 37.6. The fourth-order valence-electron chi connectivity index (χ4n) is 4.38. The second-order valence-corrected chi connectivity index (χ2v) is 7.92. The van der Waals surface area contributed by atoms with Gasteiger partial charge in [-0.1, -0.05) is 34.1 Å². The first kappa shape index (κ1) is 17.2. The maximum Gasteiger partial charge on any atom is 0.0724 e. The monoisotopic (exact) mass is 296 g/mol. The van der Waals surface area contributed by atoms with Crippen molar-refractivity contribution < 1.29 is 4.74 Å². The Morgan fingerprint density at radius 2 is 2.05 bits per heavy atom. The molecule has 0 amide bonds. The van der Waals surface area contributed by atoms with E-state index in [1.807, 2.05) is 7.11 Å². The van der Waals surface area contributed by atoms with Gasteiger partial charge in [0.05, 0.1) is 6.10 Å². The second kappa shape index (κ2) is 7.43. The second-order valence-electron chi connectivity index (χ2n) is 7.92. The van der Waals surface area contributed by atoms with Crippen LogP contribution in [-0.4, -0.2) is 49.8 Å². The fraction of sp³-hybridized carbons (Fsp3) is 1.00. The molecular weight excluding hydrogens is 260 g/mol. The van der Waals surface area contributed by atoms with Crippen molar-refractivity contribution in [1.82, 2.24) is 10.2 Å². The van der Waals surface area contributed by atoms with Crippen molar-refractivity contribution in [2.24, 2.45) is 11.3 Å². The van der Waals surface area contributed by atoms with E-state index in [4.69, 9.17) is 4.74 Å². The molecule has 4 atom stereocenters. The van der Waals surface area contributed by atoms with E-state index in [9.17, 15) is 0 Å². The number of hydrogen-bond acceptors (Lipinski definition) is 3. The van der Waals surface area contributed by atoms with Crippen LogP contribution in [0.5, 0.6) is 0 Å². The molecule has 21 heavy (non-hydrogen) atoms. The first-order valence-corrected chi connectivity index (χ1v) is 8.99. The van der Waals surface area contributed by atoms with Gasteiger partial charge in [-0.2, -0.15) is 0 Å². The van der Waals surface area contributed by atoms with Gasteiger partial charge in [0.2, 0.25) is 0 Å². The summed E-state index contributed by atoms with van der Waals surface area (Å²) in [6.45, 7) is 13.0. The molecule has 0 radical (unpaired) electrons. The van der Waals surface area contributed by atoms with Crippen LogP contribution in [0.25, 0.3) is 0 Å². The maximum atomic E-state index is 5.73. The molecule has 1 N–H and O–H groups in total. The molecule has 1 aliphatic heterocycles. The van der Waals surface area contributed by atoms with Crippen LogP contribution in [-0.2, 0) is 4.74 Å². The SMILES string of the molecule is CCCNC1C(N2CCC(C)C(OC)C2)CCCC1(C)C. The van der Waals surface area contributed by atoms with Gasteiger partial charge in [-0.05, 0) is 50.1 Å². The van der Waals surface area contributed by atoms with Gasteiger partial charge >= 0.3 is 0 Å². The summed E-state index contributed by atoms with van der Waals surface area (Å²) >= 11 is 0. The maximum absolute atomic E-state index is 5.73. The van der Waals surface area contributed by atoms with Gasteiger partial charge in [-0.25, -0.2) is 0 Å². The van der Waals surface area contributed by atoms with Crippen molar-refractivity contribution in [2.45, 2.75) is 78.0 Å². The van der Waals surface area contributed by atoms with Crippen LogP contribution in [0.15, 0.2) is 0 Å². The Kier molecular flexibility index (Phi) is 6.10. The third-order valence-electron chi connectivity index (χ3n) is 5.85. The van der Waals surface area contributed by atoms with Crippen LogP contribution in [0.3, 0.4) is 0 Å². The minimum absolute atomic E-state index is 0.406. The molecule has 3 heteroatoms. The van der Waals surface area contributed by atoms with Crippen molar-refractivity contribution >= 4 is 0 Å². The Bertz CT molecular complexity index is 318. The smallest absolute Gasteiger partial charge is 0.0724 e. The molecule has 124 valence electrons. The molecule has 0 aromatic rings.